The zero-order valence-electron chi connectivity index (χ0n) is 15.5. The first kappa shape index (κ1) is 18.8. The lowest BCUT2D eigenvalue weighted by atomic mass is 10.1. The molecule has 0 unspecified atom stereocenters. The van der Waals surface area contributed by atoms with E-state index in [1.54, 1.807) is 40.0 Å². The number of methoxy groups -OCH3 is 2. The Bertz CT molecular complexity index is 980. The number of amides is 1. The number of nitrogens with one attached hydrogen (secondary N) is 1. The highest BCUT2D eigenvalue weighted by Gasteiger charge is 2.17. The number of aryl methyl sites for hydroxylation is 1. The number of carbonyl (C=O) groups excluding carboxylic acids is 1. The molecule has 9 heteroatoms. The topological polar surface area (TPSA) is 83.2 Å². The molecule has 0 aliphatic heterocycles. The van der Waals surface area contributed by atoms with Crippen molar-refractivity contribution in [2.75, 3.05) is 19.5 Å². The summed E-state index contributed by atoms with van der Waals surface area (Å²) >= 11 is 6.17. The van der Waals surface area contributed by atoms with Crippen molar-refractivity contribution in [2.24, 2.45) is 0 Å². The van der Waals surface area contributed by atoms with E-state index in [9.17, 15) is 4.79 Å². The van der Waals surface area contributed by atoms with Crippen LogP contribution in [0.15, 0.2) is 30.6 Å². The van der Waals surface area contributed by atoms with Crippen LogP contribution in [0, 0.1) is 13.8 Å². The maximum absolute atomic E-state index is 12.6. The Morgan fingerprint density at radius 3 is 2.67 bits per heavy atom. The zero-order valence-corrected chi connectivity index (χ0v) is 16.2. The van der Waals surface area contributed by atoms with Gasteiger partial charge in [-0.3, -0.25) is 4.79 Å². The quantitative estimate of drug-likeness (QED) is 0.700. The molecule has 3 aromatic rings. The maximum Gasteiger partial charge on any atom is 0.259 e. The van der Waals surface area contributed by atoms with E-state index in [-0.39, 0.29) is 5.91 Å². The minimum absolute atomic E-state index is 0.320. The smallest absolute Gasteiger partial charge is 0.259 e. The van der Waals surface area contributed by atoms with Gasteiger partial charge in [0.2, 0.25) is 0 Å². The number of ether oxygens (including phenoxy) is 2. The second kappa shape index (κ2) is 7.71. The summed E-state index contributed by atoms with van der Waals surface area (Å²) < 4.78 is 13.9. The Hall–Kier alpha value is -3.00. The number of aromatic nitrogens is 4. The van der Waals surface area contributed by atoms with Crippen LogP contribution in [0.2, 0.25) is 5.02 Å². The lowest BCUT2D eigenvalue weighted by Crippen LogP contribution is -2.14. The molecular weight excluding hydrogens is 370 g/mol. The van der Waals surface area contributed by atoms with Crippen molar-refractivity contribution >= 4 is 23.2 Å². The number of rotatable bonds is 6. The van der Waals surface area contributed by atoms with Crippen molar-refractivity contribution in [3.05, 3.63) is 52.6 Å². The van der Waals surface area contributed by atoms with Gasteiger partial charge in [-0.2, -0.15) is 10.2 Å². The van der Waals surface area contributed by atoms with Crippen LogP contribution < -0.4 is 14.8 Å². The molecule has 3 rings (SSSR count). The molecular formula is C18H20ClN5O3. The van der Waals surface area contributed by atoms with Crippen LogP contribution in [-0.2, 0) is 6.67 Å². The van der Waals surface area contributed by atoms with Gasteiger partial charge >= 0.3 is 0 Å². The van der Waals surface area contributed by atoms with Gasteiger partial charge < -0.3 is 14.8 Å². The second-order valence-electron chi connectivity index (χ2n) is 5.89. The summed E-state index contributed by atoms with van der Waals surface area (Å²) in [5, 5.41) is 12.1. The molecule has 0 fully saturated rings. The Labute approximate surface area is 161 Å². The lowest BCUT2D eigenvalue weighted by molar-refractivity contribution is 0.102. The van der Waals surface area contributed by atoms with Gasteiger partial charge in [0, 0.05) is 0 Å². The Kier molecular flexibility index (Phi) is 5.36. The summed E-state index contributed by atoms with van der Waals surface area (Å²) in [4.78, 5) is 12.6. The Morgan fingerprint density at radius 1 is 1.26 bits per heavy atom. The van der Waals surface area contributed by atoms with E-state index in [1.807, 2.05) is 13.8 Å². The fraction of sp³-hybridized carbons (Fsp3) is 0.278. The standard InChI is InChI=1S/C18H20ClN5O3/c1-11-16(19)12(2)24(22-11)10-23-9-13(8-20-23)21-18(25)14-6-5-7-15(26-3)17(14)27-4/h5-9H,10H2,1-4H3,(H,21,25). The molecule has 1 N–H and O–H groups in total. The molecule has 2 heterocycles. The van der Waals surface area contributed by atoms with Crippen molar-refractivity contribution < 1.29 is 14.3 Å². The summed E-state index contributed by atoms with van der Waals surface area (Å²) in [5.74, 6) is 0.545. The maximum atomic E-state index is 12.6. The van der Waals surface area contributed by atoms with Gasteiger partial charge in [0.25, 0.3) is 5.91 Å². The summed E-state index contributed by atoms with van der Waals surface area (Å²) in [6.07, 6.45) is 3.28. The molecule has 1 amide bonds. The number of hydrogen-bond acceptors (Lipinski definition) is 5. The van der Waals surface area contributed by atoms with Crippen molar-refractivity contribution in [2.45, 2.75) is 20.5 Å². The highest BCUT2D eigenvalue weighted by molar-refractivity contribution is 6.31. The van der Waals surface area contributed by atoms with E-state index in [0.717, 1.165) is 11.4 Å². The molecule has 142 valence electrons. The van der Waals surface area contributed by atoms with Gasteiger partial charge in [0.1, 0.15) is 6.67 Å². The van der Waals surface area contributed by atoms with Crippen LogP contribution in [-0.4, -0.2) is 39.7 Å². The largest absolute Gasteiger partial charge is 0.493 e. The van der Waals surface area contributed by atoms with E-state index in [0.29, 0.717) is 34.4 Å². The van der Waals surface area contributed by atoms with E-state index in [1.165, 1.54) is 14.2 Å². The predicted molar refractivity (Wildman–Crippen MR) is 102 cm³/mol. The Morgan fingerprint density at radius 2 is 2.04 bits per heavy atom. The van der Waals surface area contributed by atoms with Gasteiger partial charge in [0.15, 0.2) is 11.5 Å². The molecule has 27 heavy (non-hydrogen) atoms. The molecule has 0 aliphatic rings. The third kappa shape index (κ3) is 3.75. The van der Waals surface area contributed by atoms with Crippen LogP contribution in [0.4, 0.5) is 5.69 Å². The first-order valence-corrected chi connectivity index (χ1v) is 8.56. The SMILES string of the molecule is COc1cccc(C(=O)Nc2cnn(Cn3nc(C)c(Cl)c3C)c2)c1OC. The third-order valence-electron chi connectivity index (χ3n) is 4.11. The number of carbonyl (C=O) groups is 1. The average molecular weight is 390 g/mol. The fourth-order valence-electron chi connectivity index (χ4n) is 2.72. The highest BCUT2D eigenvalue weighted by Crippen LogP contribution is 2.31. The average Bonchev–Trinajstić information content (AvgIpc) is 3.20. The number of nitrogens with zero attached hydrogens (tertiary/aromatic N) is 4. The zero-order chi connectivity index (χ0) is 19.6. The Balaban J connectivity index is 1.76. The summed E-state index contributed by atoms with van der Waals surface area (Å²) in [6, 6.07) is 5.12. The number of anilines is 1. The summed E-state index contributed by atoms with van der Waals surface area (Å²) in [6.45, 7) is 4.13. The molecule has 0 saturated heterocycles. The minimum Gasteiger partial charge on any atom is -0.493 e. The normalized spacial score (nSPS) is 10.7. The van der Waals surface area contributed by atoms with Gasteiger partial charge in [-0.15, -0.1) is 0 Å². The summed E-state index contributed by atoms with van der Waals surface area (Å²) in [7, 11) is 3.01. The highest BCUT2D eigenvalue weighted by atomic mass is 35.5. The third-order valence-corrected chi connectivity index (χ3v) is 4.66. The van der Waals surface area contributed by atoms with Gasteiger partial charge in [-0.25, -0.2) is 9.36 Å². The molecule has 0 bridgehead atoms. The number of benzene rings is 1. The summed E-state index contributed by atoms with van der Waals surface area (Å²) in [5.41, 5.74) is 2.55. The van der Waals surface area contributed by atoms with Crippen LogP contribution in [0.25, 0.3) is 0 Å². The van der Waals surface area contributed by atoms with Crippen molar-refractivity contribution in [3.8, 4) is 11.5 Å². The van der Waals surface area contributed by atoms with Crippen LogP contribution in [0.3, 0.4) is 0 Å². The van der Waals surface area contributed by atoms with Crippen LogP contribution in [0.5, 0.6) is 11.5 Å². The van der Waals surface area contributed by atoms with Gasteiger partial charge in [-0.1, -0.05) is 17.7 Å². The van der Waals surface area contributed by atoms with Crippen molar-refractivity contribution in [1.29, 1.82) is 0 Å². The second-order valence-corrected chi connectivity index (χ2v) is 6.27. The van der Waals surface area contributed by atoms with Crippen LogP contribution >= 0.6 is 11.6 Å². The molecule has 0 saturated carbocycles. The number of hydrogen-bond donors (Lipinski definition) is 1. The van der Waals surface area contributed by atoms with Gasteiger partial charge in [-0.05, 0) is 26.0 Å². The van der Waals surface area contributed by atoms with E-state index < -0.39 is 0 Å². The molecule has 2 aromatic heterocycles. The first-order valence-electron chi connectivity index (χ1n) is 8.19. The monoisotopic (exact) mass is 389 g/mol. The van der Waals surface area contributed by atoms with Crippen molar-refractivity contribution in [3.63, 3.8) is 0 Å². The number of halogens is 1. The van der Waals surface area contributed by atoms with Crippen molar-refractivity contribution in [1.82, 2.24) is 19.6 Å². The molecule has 8 nitrogen and oxygen atoms in total. The number of para-hydroxylation sites is 1. The van der Waals surface area contributed by atoms with E-state index >= 15 is 0 Å². The van der Waals surface area contributed by atoms with Crippen LogP contribution in [0.1, 0.15) is 21.7 Å². The van der Waals surface area contributed by atoms with E-state index in [2.05, 4.69) is 15.5 Å². The lowest BCUT2D eigenvalue weighted by Gasteiger charge is -2.11. The molecule has 0 atom stereocenters. The first-order chi connectivity index (χ1) is 12.9. The molecule has 0 spiro atoms. The molecule has 1 aromatic carbocycles. The minimum atomic E-state index is -0.320. The predicted octanol–water partition coefficient (Wildman–Crippen LogP) is 3.13. The fourth-order valence-corrected chi connectivity index (χ4v) is 2.86. The van der Waals surface area contributed by atoms with Gasteiger partial charge in [0.05, 0.1) is 54.3 Å². The molecule has 0 radical (unpaired) electrons. The van der Waals surface area contributed by atoms with E-state index in [4.69, 9.17) is 21.1 Å². The molecule has 0 aliphatic carbocycles.